The van der Waals surface area contributed by atoms with Crippen LogP contribution in [0.25, 0.3) is 11.5 Å². The van der Waals surface area contributed by atoms with E-state index in [2.05, 4.69) is 10.2 Å². The minimum absolute atomic E-state index is 0.0524. The fraction of sp³-hybridized carbons (Fsp3) is 0.524. The standard InChI is InChI=1S/C21H22F2N4O4/c22-17(23)19-25-24-18(31-19)12-6-7-13-11-27(20(28)14(13)10-12)15-4-1-2-5-16(15)30-21(29)26-8-3-9-26/h6-7,10,15-17H,1-5,8-9,11H2/t15-,16-/m1/s1. The number of hydrogen-bond acceptors (Lipinski definition) is 6. The molecule has 5 rings (SSSR count). The lowest BCUT2D eigenvalue weighted by Gasteiger charge is -2.39. The molecule has 0 radical (unpaired) electrons. The van der Waals surface area contributed by atoms with Crippen LogP contribution < -0.4 is 0 Å². The lowest BCUT2D eigenvalue weighted by Crippen LogP contribution is -2.50. The highest BCUT2D eigenvalue weighted by atomic mass is 19.3. The van der Waals surface area contributed by atoms with Gasteiger partial charge in [-0.05, 0) is 43.4 Å². The van der Waals surface area contributed by atoms with Crippen molar-refractivity contribution in [3.05, 3.63) is 35.2 Å². The third-order valence-corrected chi connectivity index (χ3v) is 6.25. The Labute approximate surface area is 177 Å². The van der Waals surface area contributed by atoms with Crippen molar-refractivity contribution in [1.29, 1.82) is 0 Å². The number of nitrogens with zero attached hydrogens (tertiary/aromatic N) is 4. The van der Waals surface area contributed by atoms with Crippen LogP contribution in [-0.4, -0.2) is 57.2 Å². The van der Waals surface area contributed by atoms with Crippen molar-refractivity contribution in [2.45, 2.75) is 57.2 Å². The molecule has 2 fully saturated rings. The van der Waals surface area contributed by atoms with Crippen LogP contribution in [-0.2, 0) is 11.3 Å². The van der Waals surface area contributed by atoms with E-state index in [4.69, 9.17) is 9.15 Å². The molecule has 0 N–H and O–H groups in total. The molecule has 2 aromatic rings. The third-order valence-electron chi connectivity index (χ3n) is 6.25. The first-order chi connectivity index (χ1) is 15.0. The molecule has 0 spiro atoms. The normalized spacial score (nSPS) is 23.1. The van der Waals surface area contributed by atoms with Crippen LogP contribution in [0.3, 0.4) is 0 Å². The highest BCUT2D eigenvalue weighted by Gasteiger charge is 2.40. The maximum atomic E-state index is 13.2. The van der Waals surface area contributed by atoms with Gasteiger partial charge in [-0.25, -0.2) is 4.79 Å². The maximum Gasteiger partial charge on any atom is 0.410 e. The van der Waals surface area contributed by atoms with Crippen LogP contribution in [0.15, 0.2) is 22.6 Å². The summed E-state index contributed by atoms with van der Waals surface area (Å²) in [6.07, 6.45) is 0.924. The molecule has 1 aromatic carbocycles. The Hall–Kier alpha value is -3.04. The number of likely N-dealkylation sites (tertiary alicyclic amines) is 1. The molecule has 3 heterocycles. The number of carbonyl (C=O) groups is 2. The van der Waals surface area contributed by atoms with Gasteiger partial charge in [-0.15, -0.1) is 10.2 Å². The summed E-state index contributed by atoms with van der Waals surface area (Å²) in [5.41, 5.74) is 1.73. The Morgan fingerprint density at radius 3 is 2.68 bits per heavy atom. The van der Waals surface area contributed by atoms with Gasteiger partial charge in [0.2, 0.25) is 5.89 Å². The van der Waals surface area contributed by atoms with Crippen LogP contribution in [0, 0.1) is 0 Å². The fourth-order valence-corrected chi connectivity index (χ4v) is 4.44. The van der Waals surface area contributed by atoms with E-state index in [-0.39, 0.29) is 30.0 Å². The van der Waals surface area contributed by atoms with E-state index in [9.17, 15) is 18.4 Å². The van der Waals surface area contributed by atoms with Crippen molar-refractivity contribution >= 4 is 12.0 Å². The molecule has 10 heteroatoms. The molecule has 1 saturated heterocycles. The minimum Gasteiger partial charge on any atom is -0.444 e. The fourth-order valence-electron chi connectivity index (χ4n) is 4.44. The molecule has 1 aromatic heterocycles. The molecule has 1 aliphatic carbocycles. The number of benzene rings is 1. The van der Waals surface area contributed by atoms with Gasteiger partial charge in [0.25, 0.3) is 11.8 Å². The minimum atomic E-state index is -2.85. The molecular weight excluding hydrogens is 410 g/mol. The maximum absolute atomic E-state index is 13.2. The summed E-state index contributed by atoms with van der Waals surface area (Å²) in [7, 11) is 0. The first-order valence-electron chi connectivity index (χ1n) is 10.5. The number of carbonyl (C=O) groups excluding carboxylic acids is 2. The van der Waals surface area contributed by atoms with Gasteiger partial charge < -0.3 is 19.0 Å². The lowest BCUT2D eigenvalue weighted by atomic mass is 9.91. The number of ether oxygens (including phenoxy) is 1. The van der Waals surface area contributed by atoms with Crippen molar-refractivity contribution in [3.63, 3.8) is 0 Å². The monoisotopic (exact) mass is 432 g/mol. The predicted molar refractivity (Wildman–Crippen MR) is 103 cm³/mol. The van der Waals surface area contributed by atoms with Crippen molar-refractivity contribution < 1.29 is 27.5 Å². The Morgan fingerprint density at radius 1 is 1.16 bits per heavy atom. The number of rotatable bonds is 4. The predicted octanol–water partition coefficient (Wildman–Crippen LogP) is 3.78. The second kappa shape index (κ2) is 7.90. The van der Waals surface area contributed by atoms with Crippen molar-refractivity contribution in [2.24, 2.45) is 0 Å². The SMILES string of the molecule is O=C(O[C@@H]1CCCC[C@H]1N1Cc2ccc(-c3nnc(C(F)F)o3)cc2C1=O)N1CCC1. The van der Waals surface area contributed by atoms with E-state index in [1.54, 1.807) is 28.0 Å². The number of alkyl halides is 2. The number of halogens is 2. The van der Waals surface area contributed by atoms with Crippen LogP contribution in [0.1, 0.15) is 60.3 Å². The zero-order valence-electron chi connectivity index (χ0n) is 16.8. The molecule has 2 aliphatic heterocycles. The number of aromatic nitrogens is 2. The Bertz CT molecular complexity index is 1010. The number of amides is 2. The van der Waals surface area contributed by atoms with Gasteiger partial charge in [-0.1, -0.05) is 12.5 Å². The molecule has 0 bridgehead atoms. The second-order valence-electron chi connectivity index (χ2n) is 8.17. The van der Waals surface area contributed by atoms with Crippen LogP contribution in [0.2, 0.25) is 0 Å². The molecule has 0 unspecified atom stereocenters. The summed E-state index contributed by atoms with van der Waals surface area (Å²) in [6.45, 7) is 1.86. The molecular formula is C21H22F2N4O4. The smallest absolute Gasteiger partial charge is 0.410 e. The summed E-state index contributed by atoms with van der Waals surface area (Å²) in [5, 5.41) is 7.00. The molecule has 2 amide bonds. The van der Waals surface area contributed by atoms with Gasteiger partial charge >= 0.3 is 12.5 Å². The van der Waals surface area contributed by atoms with Crippen molar-refractivity contribution in [3.8, 4) is 11.5 Å². The average Bonchev–Trinajstić information content (AvgIpc) is 3.32. The highest BCUT2D eigenvalue weighted by molar-refractivity contribution is 5.99. The Morgan fingerprint density at radius 2 is 1.97 bits per heavy atom. The van der Waals surface area contributed by atoms with E-state index in [1.165, 1.54) is 0 Å². The van der Waals surface area contributed by atoms with E-state index in [0.29, 0.717) is 17.7 Å². The molecule has 31 heavy (non-hydrogen) atoms. The lowest BCUT2D eigenvalue weighted by molar-refractivity contribution is -0.0133. The van der Waals surface area contributed by atoms with Crippen molar-refractivity contribution in [1.82, 2.24) is 20.0 Å². The molecule has 2 atom stereocenters. The summed E-state index contributed by atoms with van der Waals surface area (Å²) < 4.78 is 36.3. The van der Waals surface area contributed by atoms with Gasteiger partial charge in [-0.2, -0.15) is 8.78 Å². The third kappa shape index (κ3) is 3.64. The zero-order chi connectivity index (χ0) is 21.5. The van der Waals surface area contributed by atoms with Gasteiger partial charge in [0.15, 0.2) is 0 Å². The second-order valence-corrected chi connectivity index (χ2v) is 8.17. The highest BCUT2D eigenvalue weighted by Crippen LogP contribution is 2.35. The Balaban J connectivity index is 1.35. The van der Waals surface area contributed by atoms with Crippen molar-refractivity contribution in [2.75, 3.05) is 13.1 Å². The summed E-state index contributed by atoms with van der Waals surface area (Å²) in [6, 6.07) is 4.88. The van der Waals surface area contributed by atoms with Crippen LogP contribution in [0.4, 0.5) is 13.6 Å². The van der Waals surface area contributed by atoms with Gasteiger partial charge in [0.1, 0.15) is 6.10 Å². The van der Waals surface area contributed by atoms with Crippen LogP contribution in [0.5, 0.6) is 0 Å². The summed E-state index contributed by atoms with van der Waals surface area (Å²) in [4.78, 5) is 29.0. The largest absolute Gasteiger partial charge is 0.444 e. The van der Waals surface area contributed by atoms with E-state index >= 15 is 0 Å². The van der Waals surface area contributed by atoms with Crippen LogP contribution >= 0.6 is 0 Å². The topological polar surface area (TPSA) is 88.8 Å². The molecule has 1 saturated carbocycles. The van der Waals surface area contributed by atoms with E-state index in [0.717, 1.165) is 50.8 Å². The number of fused-ring (bicyclic) bond motifs is 1. The van der Waals surface area contributed by atoms with E-state index in [1.807, 2.05) is 0 Å². The molecule has 3 aliphatic rings. The van der Waals surface area contributed by atoms with Gasteiger partial charge in [-0.3, -0.25) is 4.79 Å². The Kier molecular flexibility index (Phi) is 5.07. The molecule has 8 nitrogen and oxygen atoms in total. The zero-order valence-corrected chi connectivity index (χ0v) is 16.8. The summed E-state index contributed by atoms with van der Waals surface area (Å²) >= 11 is 0. The quantitative estimate of drug-likeness (QED) is 0.731. The summed E-state index contributed by atoms with van der Waals surface area (Å²) in [5.74, 6) is -0.969. The number of hydrogen-bond donors (Lipinski definition) is 0. The first kappa shape index (κ1) is 19.9. The average molecular weight is 432 g/mol. The molecule has 164 valence electrons. The van der Waals surface area contributed by atoms with E-state index < -0.39 is 12.3 Å². The van der Waals surface area contributed by atoms with Gasteiger partial charge in [0, 0.05) is 30.8 Å². The van der Waals surface area contributed by atoms with Gasteiger partial charge in [0.05, 0.1) is 6.04 Å². The first-order valence-corrected chi connectivity index (χ1v) is 10.5.